The van der Waals surface area contributed by atoms with Crippen molar-refractivity contribution in [2.75, 3.05) is 29.1 Å². The second-order valence-corrected chi connectivity index (χ2v) is 7.11. The molecule has 0 fully saturated rings. The average Bonchev–Trinajstić information content (AvgIpc) is 3.17. The molecule has 6 heteroatoms. The summed E-state index contributed by atoms with van der Waals surface area (Å²) in [4.78, 5) is 25.3. The van der Waals surface area contributed by atoms with Crippen LogP contribution in [0.15, 0.2) is 66.7 Å². The molecular weight excluding hydrogens is 378 g/mol. The molecule has 1 aliphatic carbocycles. The molecule has 0 radical (unpaired) electrons. The number of amides is 1. The fraction of sp³-hybridized carbons (Fsp3) is 0.167. The van der Waals surface area contributed by atoms with E-state index in [1.54, 1.807) is 30.3 Å². The number of benzene rings is 3. The highest BCUT2D eigenvalue weighted by molar-refractivity contribution is 6.12. The fourth-order valence-electron chi connectivity index (χ4n) is 3.62. The zero-order chi connectivity index (χ0) is 20.9. The van der Waals surface area contributed by atoms with Gasteiger partial charge in [-0.1, -0.05) is 18.2 Å². The number of anilines is 4. The average molecular weight is 401 g/mol. The van der Waals surface area contributed by atoms with E-state index in [0.717, 1.165) is 22.6 Å². The molecule has 0 aromatic heterocycles. The smallest absolute Gasteiger partial charge is 0.255 e. The van der Waals surface area contributed by atoms with Gasteiger partial charge in [-0.25, -0.2) is 0 Å². The molecule has 0 spiro atoms. The summed E-state index contributed by atoms with van der Waals surface area (Å²) in [6.45, 7) is 0.486. The first-order chi connectivity index (χ1) is 14.7. The van der Waals surface area contributed by atoms with Gasteiger partial charge in [0.05, 0.1) is 12.3 Å². The Kier molecular flexibility index (Phi) is 5.77. The Morgan fingerprint density at radius 2 is 1.60 bits per heavy atom. The standard InChI is InChI=1S/C24H23N3O3/c28-15-14-25-17-8-6-16(7-9-17)24(30)27-21-12-11-20(19-10-13-22(29)23(19)21)26-18-4-2-1-3-5-18/h1-9,11-12,25-26,28H,10,13-15H2,(H,27,30). The molecule has 1 amide bonds. The van der Waals surface area contributed by atoms with Gasteiger partial charge in [0.15, 0.2) is 5.78 Å². The fourth-order valence-corrected chi connectivity index (χ4v) is 3.62. The maximum atomic E-state index is 12.7. The molecule has 0 unspecified atom stereocenters. The van der Waals surface area contributed by atoms with Crippen molar-refractivity contribution in [3.63, 3.8) is 0 Å². The topological polar surface area (TPSA) is 90.5 Å². The second kappa shape index (κ2) is 8.80. The number of rotatable bonds is 7. The monoisotopic (exact) mass is 401 g/mol. The number of aliphatic hydroxyl groups is 1. The maximum absolute atomic E-state index is 12.7. The Morgan fingerprint density at radius 1 is 0.867 bits per heavy atom. The van der Waals surface area contributed by atoms with Crippen molar-refractivity contribution in [1.29, 1.82) is 0 Å². The van der Waals surface area contributed by atoms with E-state index in [4.69, 9.17) is 5.11 Å². The predicted molar refractivity (Wildman–Crippen MR) is 119 cm³/mol. The zero-order valence-electron chi connectivity index (χ0n) is 16.4. The first kappa shape index (κ1) is 19.7. The number of fused-ring (bicyclic) bond motifs is 1. The van der Waals surface area contributed by atoms with Crippen LogP contribution in [0.5, 0.6) is 0 Å². The quantitative estimate of drug-likeness (QED) is 0.476. The van der Waals surface area contributed by atoms with E-state index in [1.165, 1.54) is 0 Å². The van der Waals surface area contributed by atoms with Crippen LogP contribution in [0.1, 0.15) is 32.7 Å². The van der Waals surface area contributed by atoms with Gasteiger partial charge in [0.2, 0.25) is 0 Å². The summed E-state index contributed by atoms with van der Waals surface area (Å²) in [5, 5.41) is 18.2. The van der Waals surface area contributed by atoms with Crippen LogP contribution >= 0.6 is 0 Å². The van der Waals surface area contributed by atoms with Crippen molar-refractivity contribution in [2.45, 2.75) is 12.8 Å². The summed E-state index contributed by atoms with van der Waals surface area (Å²) in [5.41, 5.74) is 5.22. The molecule has 0 aliphatic heterocycles. The lowest BCUT2D eigenvalue weighted by Crippen LogP contribution is -2.15. The van der Waals surface area contributed by atoms with Gasteiger partial charge in [0.1, 0.15) is 0 Å². The van der Waals surface area contributed by atoms with Gasteiger partial charge in [0, 0.05) is 41.2 Å². The molecule has 6 nitrogen and oxygen atoms in total. The van der Waals surface area contributed by atoms with Crippen LogP contribution in [0.3, 0.4) is 0 Å². The van der Waals surface area contributed by atoms with E-state index in [2.05, 4.69) is 16.0 Å². The van der Waals surface area contributed by atoms with Gasteiger partial charge in [-0.05, 0) is 60.5 Å². The second-order valence-electron chi connectivity index (χ2n) is 7.11. The lowest BCUT2D eigenvalue weighted by Gasteiger charge is -2.15. The van der Waals surface area contributed by atoms with E-state index >= 15 is 0 Å². The SMILES string of the molecule is O=C(Nc1ccc(Nc2ccccc2)c2c1C(=O)CC2)c1ccc(NCCO)cc1. The van der Waals surface area contributed by atoms with Crippen LogP contribution in [0.4, 0.5) is 22.7 Å². The highest BCUT2D eigenvalue weighted by Gasteiger charge is 2.26. The number of aliphatic hydroxyl groups excluding tert-OH is 1. The molecular formula is C24H23N3O3. The van der Waals surface area contributed by atoms with Gasteiger partial charge in [-0.15, -0.1) is 0 Å². The summed E-state index contributed by atoms with van der Waals surface area (Å²) in [5.74, 6) is -0.227. The Balaban J connectivity index is 1.55. The number of ketones is 1. The van der Waals surface area contributed by atoms with Crippen LogP contribution in [0, 0.1) is 0 Å². The Morgan fingerprint density at radius 3 is 2.33 bits per heavy atom. The Hall–Kier alpha value is -3.64. The van der Waals surface area contributed by atoms with Crippen molar-refractivity contribution in [3.8, 4) is 0 Å². The highest BCUT2D eigenvalue weighted by atomic mass is 16.3. The normalized spacial score (nSPS) is 12.4. The summed E-state index contributed by atoms with van der Waals surface area (Å²) >= 11 is 0. The minimum absolute atomic E-state index is 0.0382. The van der Waals surface area contributed by atoms with Crippen LogP contribution < -0.4 is 16.0 Å². The van der Waals surface area contributed by atoms with Crippen LogP contribution in [0.2, 0.25) is 0 Å². The van der Waals surface area contributed by atoms with Crippen molar-refractivity contribution in [1.82, 2.24) is 0 Å². The largest absolute Gasteiger partial charge is 0.395 e. The lowest BCUT2D eigenvalue weighted by atomic mass is 10.0. The van der Waals surface area contributed by atoms with E-state index in [-0.39, 0.29) is 18.3 Å². The molecule has 0 heterocycles. The van der Waals surface area contributed by atoms with E-state index in [0.29, 0.717) is 36.2 Å². The number of para-hydroxylation sites is 1. The molecule has 0 saturated heterocycles. The van der Waals surface area contributed by atoms with Gasteiger partial charge >= 0.3 is 0 Å². The summed E-state index contributed by atoms with van der Waals surface area (Å²) < 4.78 is 0. The minimum Gasteiger partial charge on any atom is -0.395 e. The van der Waals surface area contributed by atoms with E-state index in [1.807, 2.05) is 36.4 Å². The molecule has 4 N–H and O–H groups in total. The number of hydrogen-bond acceptors (Lipinski definition) is 5. The first-order valence-corrected chi connectivity index (χ1v) is 9.93. The molecule has 30 heavy (non-hydrogen) atoms. The number of carbonyl (C=O) groups excluding carboxylic acids is 2. The van der Waals surface area contributed by atoms with Crippen molar-refractivity contribution in [3.05, 3.63) is 83.4 Å². The first-order valence-electron chi connectivity index (χ1n) is 9.93. The summed E-state index contributed by atoms with van der Waals surface area (Å²) in [7, 11) is 0. The molecule has 152 valence electrons. The molecule has 0 bridgehead atoms. The Bertz CT molecular complexity index is 1060. The van der Waals surface area contributed by atoms with Gasteiger partial charge in [-0.2, -0.15) is 0 Å². The van der Waals surface area contributed by atoms with E-state index in [9.17, 15) is 9.59 Å². The van der Waals surface area contributed by atoms with Crippen LogP contribution in [0.25, 0.3) is 0 Å². The summed E-state index contributed by atoms with van der Waals surface area (Å²) in [6.07, 6.45) is 1.09. The van der Waals surface area contributed by atoms with E-state index < -0.39 is 0 Å². The van der Waals surface area contributed by atoms with Crippen LogP contribution in [-0.4, -0.2) is 29.9 Å². The molecule has 0 saturated carbocycles. The third-order valence-electron chi connectivity index (χ3n) is 5.08. The molecule has 3 aromatic carbocycles. The maximum Gasteiger partial charge on any atom is 0.255 e. The third kappa shape index (κ3) is 4.18. The highest BCUT2D eigenvalue weighted by Crippen LogP contribution is 2.36. The molecule has 1 aliphatic rings. The van der Waals surface area contributed by atoms with Gasteiger partial charge in [-0.3, -0.25) is 9.59 Å². The number of nitrogens with one attached hydrogen (secondary N) is 3. The number of hydrogen-bond donors (Lipinski definition) is 4. The third-order valence-corrected chi connectivity index (χ3v) is 5.08. The lowest BCUT2D eigenvalue weighted by molar-refractivity contribution is 0.0995. The van der Waals surface area contributed by atoms with Crippen LogP contribution in [-0.2, 0) is 6.42 Å². The number of Topliss-reactive ketones (excluding diaryl/α,β-unsaturated/α-hetero) is 1. The van der Waals surface area contributed by atoms with Crippen molar-refractivity contribution in [2.24, 2.45) is 0 Å². The zero-order valence-corrected chi connectivity index (χ0v) is 16.4. The molecule has 0 atom stereocenters. The summed E-state index contributed by atoms with van der Waals surface area (Å²) in [6, 6.07) is 20.5. The molecule has 4 rings (SSSR count). The van der Waals surface area contributed by atoms with Gasteiger partial charge < -0.3 is 21.1 Å². The predicted octanol–water partition coefficient (Wildman–Crippen LogP) is 4.22. The Labute approximate surface area is 174 Å². The minimum atomic E-state index is -0.269. The van der Waals surface area contributed by atoms with Crippen molar-refractivity contribution < 1.29 is 14.7 Å². The van der Waals surface area contributed by atoms with Gasteiger partial charge in [0.25, 0.3) is 5.91 Å². The number of carbonyl (C=O) groups is 2. The molecule has 3 aromatic rings. The van der Waals surface area contributed by atoms with Crippen molar-refractivity contribution >= 4 is 34.4 Å².